The molecule has 0 unspecified atom stereocenters. The van der Waals surface area contributed by atoms with Crippen molar-refractivity contribution in [3.63, 3.8) is 0 Å². The Labute approximate surface area is 143 Å². The van der Waals surface area contributed by atoms with E-state index in [0.717, 1.165) is 57.5 Å². The summed E-state index contributed by atoms with van der Waals surface area (Å²) in [4.78, 5) is 13.3. The smallest absolute Gasteiger partial charge is 0.315 e. The third kappa shape index (κ3) is 5.07. The minimum Gasteiger partial charge on any atom is -0.490 e. The van der Waals surface area contributed by atoms with Crippen LogP contribution in [0.25, 0.3) is 0 Å². The molecule has 0 spiro atoms. The minimum absolute atomic E-state index is 0.0273. The number of hydrogen-bond acceptors (Lipinski definition) is 6. The molecule has 7 nitrogen and oxygen atoms in total. The molecule has 24 heavy (non-hydrogen) atoms. The van der Waals surface area contributed by atoms with Crippen LogP contribution in [0.3, 0.4) is 0 Å². The first kappa shape index (κ1) is 18.5. The molecule has 0 aliphatic carbocycles. The molecule has 0 amide bonds. The molecule has 1 aromatic carbocycles. The number of unbranched alkanes of at least 4 members (excludes halogenated alkanes) is 1. The van der Waals surface area contributed by atoms with Gasteiger partial charge >= 0.3 is 5.69 Å². The Hall–Kier alpha value is -1.86. The molecule has 1 heterocycles. The van der Waals surface area contributed by atoms with Crippen molar-refractivity contribution in [2.45, 2.75) is 26.2 Å². The van der Waals surface area contributed by atoms with Crippen molar-refractivity contribution >= 4 is 5.69 Å². The number of hydrogen-bond donors (Lipinski definition) is 1. The van der Waals surface area contributed by atoms with E-state index in [-0.39, 0.29) is 11.4 Å². The number of aryl methyl sites for hydroxylation is 1. The second-order valence-electron chi connectivity index (χ2n) is 5.89. The first-order valence-electron chi connectivity index (χ1n) is 8.57. The molecule has 1 aliphatic heterocycles. The molecule has 134 valence electrons. The monoisotopic (exact) mass is 337 g/mol. The van der Waals surface area contributed by atoms with Crippen LogP contribution in [0.2, 0.25) is 0 Å². The van der Waals surface area contributed by atoms with Crippen LogP contribution in [0, 0.1) is 10.1 Å². The Morgan fingerprint density at radius 3 is 2.67 bits per heavy atom. The molecule has 1 aliphatic rings. The molecular formula is C17H27N3O4. The lowest BCUT2D eigenvalue weighted by atomic mass is 10.1. The number of rotatable bonds is 9. The largest absolute Gasteiger partial charge is 0.490 e. The molecule has 1 aromatic rings. The van der Waals surface area contributed by atoms with Gasteiger partial charge in [0.05, 0.1) is 18.6 Å². The van der Waals surface area contributed by atoms with E-state index in [2.05, 4.69) is 10.2 Å². The number of nitro groups is 1. The Morgan fingerprint density at radius 2 is 2.04 bits per heavy atom. The fraction of sp³-hybridized carbons (Fsp3) is 0.647. The van der Waals surface area contributed by atoms with Gasteiger partial charge in [-0.3, -0.25) is 10.1 Å². The van der Waals surface area contributed by atoms with Crippen LogP contribution in [0.5, 0.6) is 11.5 Å². The molecular weight excluding hydrogens is 310 g/mol. The van der Waals surface area contributed by atoms with Crippen LogP contribution in [-0.4, -0.2) is 56.3 Å². The first-order chi connectivity index (χ1) is 11.7. The minimum atomic E-state index is -0.411. The van der Waals surface area contributed by atoms with Crippen molar-refractivity contribution in [2.24, 2.45) is 0 Å². The summed E-state index contributed by atoms with van der Waals surface area (Å²) in [6.07, 6.45) is 2.89. The molecule has 0 bridgehead atoms. The van der Waals surface area contributed by atoms with Crippen LogP contribution in [0.4, 0.5) is 5.69 Å². The molecule has 1 N–H and O–H groups in total. The summed E-state index contributed by atoms with van der Waals surface area (Å²) in [6, 6.07) is 3.46. The van der Waals surface area contributed by atoms with Crippen LogP contribution >= 0.6 is 0 Å². The van der Waals surface area contributed by atoms with Gasteiger partial charge in [0, 0.05) is 32.2 Å². The van der Waals surface area contributed by atoms with Gasteiger partial charge in [-0.05, 0) is 44.4 Å². The summed E-state index contributed by atoms with van der Waals surface area (Å²) in [6.45, 7) is 7.69. The van der Waals surface area contributed by atoms with Gasteiger partial charge in [0.15, 0.2) is 5.75 Å². The van der Waals surface area contributed by atoms with E-state index < -0.39 is 4.92 Å². The van der Waals surface area contributed by atoms with E-state index in [0.29, 0.717) is 12.4 Å². The Kier molecular flexibility index (Phi) is 7.27. The maximum absolute atomic E-state index is 11.3. The van der Waals surface area contributed by atoms with Gasteiger partial charge in [-0.1, -0.05) is 0 Å². The van der Waals surface area contributed by atoms with E-state index in [1.807, 2.05) is 13.0 Å². The Balaban J connectivity index is 1.96. The highest BCUT2D eigenvalue weighted by Gasteiger charge is 2.21. The van der Waals surface area contributed by atoms with Gasteiger partial charge in [0.25, 0.3) is 0 Å². The summed E-state index contributed by atoms with van der Waals surface area (Å²) < 4.78 is 10.7. The van der Waals surface area contributed by atoms with Crippen molar-refractivity contribution in [1.82, 2.24) is 10.2 Å². The van der Waals surface area contributed by atoms with Gasteiger partial charge in [-0.2, -0.15) is 0 Å². The van der Waals surface area contributed by atoms with E-state index in [9.17, 15) is 10.1 Å². The number of nitrogens with one attached hydrogen (secondary N) is 1. The summed E-state index contributed by atoms with van der Waals surface area (Å²) in [5.74, 6) is 0.651. The normalized spacial score (nSPS) is 15.2. The standard InChI is InChI=1S/C17H27N3O4/c1-3-24-16-13-14(12-15(20(21)22)17(16)23-2)6-4-5-9-19-10-7-18-8-11-19/h12-13,18H,3-11H2,1-2H3. The van der Waals surface area contributed by atoms with Crippen molar-refractivity contribution < 1.29 is 14.4 Å². The number of methoxy groups -OCH3 is 1. The zero-order valence-corrected chi connectivity index (χ0v) is 14.5. The average molecular weight is 337 g/mol. The number of ether oxygens (including phenoxy) is 2. The lowest BCUT2D eigenvalue weighted by molar-refractivity contribution is -0.385. The molecule has 1 saturated heterocycles. The summed E-state index contributed by atoms with van der Waals surface area (Å²) in [5, 5.41) is 14.6. The third-order valence-corrected chi connectivity index (χ3v) is 4.20. The molecule has 0 saturated carbocycles. The second-order valence-corrected chi connectivity index (χ2v) is 5.89. The molecule has 1 fully saturated rings. The molecule has 2 rings (SSSR count). The molecule has 0 radical (unpaired) electrons. The lowest BCUT2D eigenvalue weighted by Crippen LogP contribution is -2.43. The average Bonchev–Trinajstić information content (AvgIpc) is 2.59. The van der Waals surface area contributed by atoms with Crippen molar-refractivity contribution in [3.05, 3.63) is 27.8 Å². The highest BCUT2D eigenvalue weighted by atomic mass is 16.6. The van der Waals surface area contributed by atoms with Crippen molar-refractivity contribution in [1.29, 1.82) is 0 Å². The highest BCUT2D eigenvalue weighted by molar-refractivity contribution is 5.58. The maximum atomic E-state index is 11.3. The first-order valence-corrected chi connectivity index (χ1v) is 8.57. The molecule has 0 atom stereocenters. The van der Waals surface area contributed by atoms with E-state index in [1.165, 1.54) is 7.11 Å². The van der Waals surface area contributed by atoms with Gasteiger partial charge in [-0.15, -0.1) is 0 Å². The SMILES string of the molecule is CCOc1cc(CCCCN2CCNCC2)cc([N+](=O)[O-])c1OC. The van der Waals surface area contributed by atoms with Crippen LogP contribution in [-0.2, 0) is 6.42 Å². The summed E-state index contributed by atoms with van der Waals surface area (Å²) in [5.41, 5.74) is 0.895. The van der Waals surface area contributed by atoms with Crippen LogP contribution in [0.15, 0.2) is 12.1 Å². The zero-order valence-electron chi connectivity index (χ0n) is 14.5. The van der Waals surface area contributed by atoms with Crippen molar-refractivity contribution in [3.8, 4) is 11.5 Å². The summed E-state index contributed by atoms with van der Waals surface area (Å²) in [7, 11) is 1.43. The van der Waals surface area contributed by atoms with Gasteiger partial charge in [-0.25, -0.2) is 0 Å². The topological polar surface area (TPSA) is 76.9 Å². The lowest BCUT2D eigenvalue weighted by Gasteiger charge is -2.27. The maximum Gasteiger partial charge on any atom is 0.315 e. The number of benzene rings is 1. The Bertz CT molecular complexity index is 545. The fourth-order valence-electron chi connectivity index (χ4n) is 2.99. The summed E-state index contributed by atoms with van der Waals surface area (Å²) >= 11 is 0. The van der Waals surface area contributed by atoms with Crippen LogP contribution in [0.1, 0.15) is 25.3 Å². The number of piperazine rings is 1. The van der Waals surface area contributed by atoms with Gasteiger partial charge < -0.3 is 19.7 Å². The predicted molar refractivity (Wildman–Crippen MR) is 93.1 cm³/mol. The number of nitro benzene ring substituents is 1. The van der Waals surface area contributed by atoms with Crippen LogP contribution < -0.4 is 14.8 Å². The van der Waals surface area contributed by atoms with E-state index in [4.69, 9.17) is 9.47 Å². The van der Waals surface area contributed by atoms with Gasteiger partial charge in [0.1, 0.15) is 0 Å². The fourth-order valence-corrected chi connectivity index (χ4v) is 2.99. The quantitative estimate of drug-likeness (QED) is 0.423. The molecule has 7 heteroatoms. The molecule has 0 aromatic heterocycles. The van der Waals surface area contributed by atoms with E-state index >= 15 is 0 Å². The zero-order chi connectivity index (χ0) is 17.4. The predicted octanol–water partition coefficient (Wildman–Crippen LogP) is 2.23. The van der Waals surface area contributed by atoms with Crippen molar-refractivity contribution in [2.75, 3.05) is 46.4 Å². The third-order valence-electron chi connectivity index (χ3n) is 4.20. The highest BCUT2D eigenvalue weighted by Crippen LogP contribution is 2.38. The number of nitrogens with zero attached hydrogens (tertiary/aromatic N) is 2. The van der Waals surface area contributed by atoms with E-state index in [1.54, 1.807) is 6.07 Å². The Morgan fingerprint density at radius 1 is 1.29 bits per heavy atom. The van der Waals surface area contributed by atoms with Gasteiger partial charge in [0.2, 0.25) is 5.75 Å². The second kappa shape index (κ2) is 9.44.